The monoisotopic (exact) mass is 384 g/mol. The Hall–Kier alpha value is -2.12. The van der Waals surface area contributed by atoms with E-state index in [1.807, 2.05) is 13.8 Å². The summed E-state index contributed by atoms with van der Waals surface area (Å²) >= 11 is 5.65. The molecular formula is C17H18ClFN2O3S. The molecule has 0 fully saturated rings. The van der Waals surface area contributed by atoms with Gasteiger partial charge in [0.2, 0.25) is 0 Å². The number of halogens is 2. The van der Waals surface area contributed by atoms with E-state index in [1.54, 1.807) is 12.1 Å². The first-order valence-corrected chi connectivity index (χ1v) is 9.48. The second-order valence-corrected chi connectivity index (χ2v) is 7.60. The summed E-state index contributed by atoms with van der Waals surface area (Å²) in [5, 5.41) is 2.48. The zero-order chi connectivity index (χ0) is 18.6. The van der Waals surface area contributed by atoms with Crippen LogP contribution in [0.25, 0.3) is 0 Å². The number of hydrogen-bond donors (Lipinski definition) is 2. The zero-order valence-electron chi connectivity index (χ0n) is 13.7. The van der Waals surface area contributed by atoms with Crippen molar-refractivity contribution in [1.82, 2.24) is 5.32 Å². The fraction of sp³-hybridized carbons (Fsp3) is 0.235. The van der Waals surface area contributed by atoms with Gasteiger partial charge in [-0.25, -0.2) is 12.8 Å². The van der Waals surface area contributed by atoms with Crippen molar-refractivity contribution in [2.75, 3.05) is 4.72 Å². The summed E-state index contributed by atoms with van der Waals surface area (Å²) in [7, 11) is -4.02. The lowest BCUT2D eigenvalue weighted by molar-refractivity contribution is 0.0940. The second-order valence-electron chi connectivity index (χ2n) is 5.51. The van der Waals surface area contributed by atoms with E-state index in [0.717, 1.165) is 24.6 Å². The minimum Gasteiger partial charge on any atom is -0.350 e. The number of benzene rings is 2. The van der Waals surface area contributed by atoms with E-state index in [4.69, 9.17) is 11.6 Å². The Morgan fingerprint density at radius 3 is 2.56 bits per heavy atom. The lowest BCUT2D eigenvalue weighted by atomic mass is 10.1. The molecule has 134 valence electrons. The number of sulfonamides is 1. The Balaban J connectivity index is 2.33. The van der Waals surface area contributed by atoms with Crippen LogP contribution in [0.3, 0.4) is 0 Å². The number of hydrogen-bond acceptors (Lipinski definition) is 3. The standard InChI is InChI=1S/C17H18ClFN2O3S/c1-3-11(2)20-17(22)13-6-4-5-7-16(13)21-25(23,24)12-8-9-15(19)14(18)10-12/h4-11,21H,3H2,1-2H3,(H,20,22). The van der Waals surface area contributed by atoms with Crippen LogP contribution >= 0.6 is 11.6 Å². The minimum absolute atomic E-state index is 0.0481. The molecule has 0 aliphatic rings. The molecule has 0 spiro atoms. The van der Waals surface area contributed by atoms with E-state index in [2.05, 4.69) is 10.0 Å². The summed E-state index contributed by atoms with van der Waals surface area (Å²) in [6.45, 7) is 3.78. The van der Waals surface area contributed by atoms with Gasteiger partial charge in [0.1, 0.15) is 5.82 Å². The zero-order valence-corrected chi connectivity index (χ0v) is 15.3. The van der Waals surface area contributed by atoms with E-state index in [0.29, 0.717) is 0 Å². The summed E-state index contributed by atoms with van der Waals surface area (Å²) in [5.41, 5.74) is 0.323. The number of amides is 1. The SMILES string of the molecule is CCC(C)NC(=O)c1ccccc1NS(=O)(=O)c1ccc(F)c(Cl)c1. The van der Waals surface area contributed by atoms with Crippen molar-refractivity contribution in [3.05, 3.63) is 58.9 Å². The molecule has 8 heteroatoms. The van der Waals surface area contributed by atoms with E-state index in [1.165, 1.54) is 12.1 Å². The van der Waals surface area contributed by atoms with Gasteiger partial charge in [0.15, 0.2) is 0 Å². The van der Waals surface area contributed by atoms with Gasteiger partial charge < -0.3 is 5.32 Å². The highest BCUT2D eigenvalue weighted by Gasteiger charge is 2.20. The number of carbonyl (C=O) groups excluding carboxylic acids is 1. The Kier molecular flexibility index (Phi) is 6.02. The maximum absolute atomic E-state index is 13.2. The van der Waals surface area contributed by atoms with Crippen molar-refractivity contribution < 1.29 is 17.6 Å². The van der Waals surface area contributed by atoms with Gasteiger partial charge in [0.25, 0.3) is 15.9 Å². The van der Waals surface area contributed by atoms with Crippen molar-refractivity contribution in [2.24, 2.45) is 0 Å². The van der Waals surface area contributed by atoms with Crippen LogP contribution in [-0.2, 0) is 10.0 Å². The van der Waals surface area contributed by atoms with Crippen LogP contribution in [0.2, 0.25) is 5.02 Å². The first kappa shape index (κ1) is 19.2. The van der Waals surface area contributed by atoms with Crippen LogP contribution in [0, 0.1) is 5.82 Å². The summed E-state index contributed by atoms with van der Waals surface area (Å²) in [6.07, 6.45) is 0.744. The topological polar surface area (TPSA) is 75.3 Å². The molecule has 1 unspecified atom stereocenters. The highest BCUT2D eigenvalue weighted by atomic mass is 35.5. The van der Waals surface area contributed by atoms with Gasteiger partial charge >= 0.3 is 0 Å². The normalized spacial score (nSPS) is 12.5. The van der Waals surface area contributed by atoms with Gasteiger partial charge in [-0.2, -0.15) is 0 Å². The van der Waals surface area contributed by atoms with Gasteiger partial charge in [-0.3, -0.25) is 9.52 Å². The van der Waals surface area contributed by atoms with E-state index in [9.17, 15) is 17.6 Å². The van der Waals surface area contributed by atoms with Crippen molar-refractivity contribution in [2.45, 2.75) is 31.2 Å². The van der Waals surface area contributed by atoms with Crippen LogP contribution in [-0.4, -0.2) is 20.4 Å². The summed E-state index contributed by atoms with van der Waals surface area (Å²) in [5.74, 6) is -1.10. The molecule has 25 heavy (non-hydrogen) atoms. The Bertz CT molecular complexity index is 887. The van der Waals surface area contributed by atoms with Crippen LogP contribution in [0.5, 0.6) is 0 Å². The van der Waals surface area contributed by atoms with Gasteiger partial charge in [-0.05, 0) is 43.7 Å². The van der Waals surface area contributed by atoms with Gasteiger partial charge in [-0.1, -0.05) is 30.7 Å². The molecule has 2 aromatic rings. The quantitative estimate of drug-likeness (QED) is 0.795. The highest BCUT2D eigenvalue weighted by Crippen LogP contribution is 2.23. The molecule has 1 atom stereocenters. The van der Waals surface area contributed by atoms with Crippen LogP contribution in [0.4, 0.5) is 10.1 Å². The first-order chi connectivity index (χ1) is 11.7. The van der Waals surface area contributed by atoms with Crippen LogP contribution in [0.15, 0.2) is 47.4 Å². The number of rotatable bonds is 6. The molecule has 1 amide bonds. The Morgan fingerprint density at radius 1 is 1.24 bits per heavy atom. The molecule has 5 nitrogen and oxygen atoms in total. The number of para-hydroxylation sites is 1. The Morgan fingerprint density at radius 2 is 1.92 bits per heavy atom. The molecule has 0 saturated heterocycles. The van der Waals surface area contributed by atoms with E-state index in [-0.39, 0.29) is 33.1 Å². The van der Waals surface area contributed by atoms with Crippen molar-refractivity contribution >= 4 is 33.2 Å². The molecule has 2 aromatic carbocycles. The maximum Gasteiger partial charge on any atom is 0.261 e. The average Bonchev–Trinajstić information content (AvgIpc) is 2.57. The molecule has 0 bridgehead atoms. The van der Waals surface area contributed by atoms with Crippen LogP contribution in [0.1, 0.15) is 30.6 Å². The third-order valence-electron chi connectivity index (χ3n) is 3.61. The summed E-state index contributed by atoms with van der Waals surface area (Å²) in [4.78, 5) is 12.1. The Labute approximate surface area is 151 Å². The summed E-state index contributed by atoms with van der Waals surface area (Å²) < 4.78 is 40.6. The molecule has 0 radical (unpaired) electrons. The summed E-state index contributed by atoms with van der Waals surface area (Å²) in [6, 6.07) is 9.29. The molecular weight excluding hydrogens is 367 g/mol. The average molecular weight is 385 g/mol. The molecule has 0 aliphatic heterocycles. The molecule has 0 saturated carbocycles. The van der Waals surface area contributed by atoms with Crippen molar-refractivity contribution in [3.63, 3.8) is 0 Å². The molecule has 0 heterocycles. The van der Waals surface area contributed by atoms with E-state index < -0.39 is 15.8 Å². The van der Waals surface area contributed by atoms with Crippen molar-refractivity contribution in [3.8, 4) is 0 Å². The van der Waals surface area contributed by atoms with E-state index >= 15 is 0 Å². The second kappa shape index (κ2) is 7.84. The molecule has 2 rings (SSSR count). The maximum atomic E-state index is 13.2. The molecule has 0 aromatic heterocycles. The fourth-order valence-corrected chi connectivity index (χ4v) is 3.37. The van der Waals surface area contributed by atoms with Crippen LogP contribution < -0.4 is 10.0 Å². The lowest BCUT2D eigenvalue weighted by Crippen LogP contribution is -2.32. The largest absolute Gasteiger partial charge is 0.350 e. The molecule has 0 aliphatic carbocycles. The highest BCUT2D eigenvalue weighted by molar-refractivity contribution is 7.92. The van der Waals surface area contributed by atoms with Gasteiger partial charge in [0.05, 0.1) is 21.2 Å². The smallest absolute Gasteiger partial charge is 0.261 e. The number of anilines is 1. The lowest BCUT2D eigenvalue weighted by Gasteiger charge is -2.15. The predicted octanol–water partition coefficient (Wildman–Crippen LogP) is 3.81. The van der Waals surface area contributed by atoms with Crippen molar-refractivity contribution in [1.29, 1.82) is 0 Å². The third kappa shape index (κ3) is 4.70. The minimum atomic E-state index is -4.02. The van der Waals surface area contributed by atoms with Gasteiger partial charge in [-0.15, -0.1) is 0 Å². The first-order valence-electron chi connectivity index (χ1n) is 7.62. The number of nitrogens with one attached hydrogen (secondary N) is 2. The number of carbonyl (C=O) groups is 1. The fourth-order valence-electron chi connectivity index (χ4n) is 2.02. The van der Waals surface area contributed by atoms with Gasteiger partial charge in [0, 0.05) is 6.04 Å². The molecule has 2 N–H and O–H groups in total. The third-order valence-corrected chi connectivity index (χ3v) is 5.26. The predicted molar refractivity (Wildman–Crippen MR) is 95.9 cm³/mol.